The van der Waals surface area contributed by atoms with Gasteiger partial charge in [0.25, 0.3) is 0 Å². The number of H-pyrrole nitrogens is 1. The summed E-state index contributed by atoms with van der Waals surface area (Å²) in [4.78, 5) is 15.0. The second-order valence-corrected chi connectivity index (χ2v) is 4.32. The van der Waals surface area contributed by atoms with Crippen LogP contribution < -0.4 is 4.74 Å². The molecule has 2 rings (SSSR count). The molecule has 2 aromatic rings. The molecule has 0 fully saturated rings. The van der Waals surface area contributed by atoms with Gasteiger partial charge in [0.2, 0.25) is 0 Å². The third-order valence-corrected chi connectivity index (χ3v) is 2.65. The van der Waals surface area contributed by atoms with Crippen molar-refractivity contribution in [3.05, 3.63) is 30.0 Å². The van der Waals surface area contributed by atoms with E-state index in [0.29, 0.717) is 6.42 Å². The summed E-state index contributed by atoms with van der Waals surface area (Å²) in [7, 11) is 0. The van der Waals surface area contributed by atoms with Crippen molar-refractivity contribution < 1.29 is 9.53 Å². The number of hydrogen-bond acceptors (Lipinski definition) is 2. The molecule has 1 heterocycles. The number of rotatable bonds is 4. The van der Waals surface area contributed by atoms with Crippen molar-refractivity contribution in [2.24, 2.45) is 0 Å². The summed E-state index contributed by atoms with van der Waals surface area (Å²) >= 11 is 0. The quantitative estimate of drug-likeness (QED) is 0.818. The van der Waals surface area contributed by atoms with Gasteiger partial charge >= 0.3 is 0 Å². The molecule has 90 valence electrons. The van der Waals surface area contributed by atoms with E-state index in [9.17, 15) is 4.79 Å². The van der Waals surface area contributed by atoms with Gasteiger partial charge in [0.05, 0.1) is 11.5 Å². The van der Waals surface area contributed by atoms with Gasteiger partial charge in [-0.1, -0.05) is 13.0 Å². The largest absolute Gasteiger partial charge is 0.490 e. The molecule has 0 aliphatic carbocycles. The van der Waals surface area contributed by atoms with Crippen LogP contribution in [0.25, 0.3) is 10.9 Å². The molecule has 0 atom stereocenters. The fourth-order valence-corrected chi connectivity index (χ4v) is 1.91. The van der Waals surface area contributed by atoms with Crippen LogP contribution in [0.15, 0.2) is 24.4 Å². The highest BCUT2D eigenvalue weighted by molar-refractivity contribution is 6.09. The Morgan fingerprint density at radius 1 is 1.41 bits per heavy atom. The van der Waals surface area contributed by atoms with Gasteiger partial charge in [-0.3, -0.25) is 4.79 Å². The number of Topliss-reactive ketones (excluding diaryl/α,β-unsaturated/α-hetero) is 1. The Morgan fingerprint density at radius 2 is 2.18 bits per heavy atom. The molecule has 0 saturated heterocycles. The first-order chi connectivity index (χ1) is 8.13. The number of ketones is 1. The predicted molar refractivity (Wildman–Crippen MR) is 68.7 cm³/mol. The van der Waals surface area contributed by atoms with Crippen LogP contribution >= 0.6 is 0 Å². The third kappa shape index (κ3) is 2.18. The van der Waals surface area contributed by atoms with Crippen molar-refractivity contribution in [2.75, 3.05) is 0 Å². The molecule has 3 nitrogen and oxygen atoms in total. The minimum absolute atomic E-state index is 0.0973. The SMILES string of the molecule is CCC(=O)c1c[nH]c2cccc(OC(C)C)c12. The van der Waals surface area contributed by atoms with Crippen molar-refractivity contribution in [1.29, 1.82) is 0 Å². The average molecular weight is 231 g/mol. The number of aromatic amines is 1. The van der Waals surface area contributed by atoms with Crippen LogP contribution in [0, 0.1) is 0 Å². The highest BCUT2D eigenvalue weighted by atomic mass is 16.5. The van der Waals surface area contributed by atoms with Gasteiger partial charge in [0.1, 0.15) is 5.75 Å². The van der Waals surface area contributed by atoms with Crippen molar-refractivity contribution in [1.82, 2.24) is 4.98 Å². The fraction of sp³-hybridized carbons (Fsp3) is 0.357. The molecule has 3 heteroatoms. The van der Waals surface area contributed by atoms with E-state index in [2.05, 4.69) is 4.98 Å². The lowest BCUT2D eigenvalue weighted by Crippen LogP contribution is -2.06. The van der Waals surface area contributed by atoms with E-state index in [0.717, 1.165) is 22.2 Å². The summed E-state index contributed by atoms with van der Waals surface area (Å²) in [6, 6.07) is 5.79. The lowest BCUT2D eigenvalue weighted by molar-refractivity contribution is 0.0989. The van der Waals surface area contributed by atoms with Gasteiger partial charge in [-0.05, 0) is 26.0 Å². The summed E-state index contributed by atoms with van der Waals surface area (Å²) in [5, 5.41) is 0.896. The van der Waals surface area contributed by atoms with Crippen molar-refractivity contribution in [3.63, 3.8) is 0 Å². The summed E-state index contributed by atoms with van der Waals surface area (Å²) in [5.41, 5.74) is 1.67. The van der Waals surface area contributed by atoms with Crippen LogP contribution in [-0.2, 0) is 0 Å². The first-order valence-corrected chi connectivity index (χ1v) is 5.93. The van der Waals surface area contributed by atoms with Gasteiger partial charge in [0, 0.05) is 23.7 Å². The predicted octanol–water partition coefficient (Wildman–Crippen LogP) is 3.55. The Kier molecular flexibility index (Phi) is 3.18. The molecule has 1 N–H and O–H groups in total. The van der Waals surface area contributed by atoms with E-state index in [1.807, 2.05) is 39.0 Å². The number of carbonyl (C=O) groups is 1. The van der Waals surface area contributed by atoms with Crippen LogP contribution in [0.1, 0.15) is 37.6 Å². The van der Waals surface area contributed by atoms with E-state index in [-0.39, 0.29) is 11.9 Å². The van der Waals surface area contributed by atoms with Crippen LogP contribution in [0.4, 0.5) is 0 Å². The Balaban J connectivity index is 2.59. The summed E-state index contributed by atoms with van der Waals surface area (Å²) < 4.78 is 5.75. The van der Waals surface area contributed by atoms with Crippen LogP contribution in [0.2, 0.25) is 0 Å². The van der Waals surface area contributed by atoms with Crippen LogP contribution in [0.5, 0.6) is 5.75 Å². The van der Waals surface area contributed by atoms with Gasteiger partial charge < -0.3 is 9.72 Å². The molecule has 0 aliphatic rings. The second kappa shape index (κ2) is 4.62. The van der Waals surface area contributed by atoms with Crippen molar-refractivity contribution in [2.45, 2.75) is 33.3 Å². The number of benzene rings is 1. The molecule has 0 unspecified atom stereocenters. The highest BCUT2D eigenvalue weighted by Gasteiger charge is 2.14. The van der Waals surface area contributed by atoms with Crippen molar-refractivity contribution in [3.8, 4) is 5.75 Å². The zero-order valence-electron chi connectivity index (χ0n) is 10.4. The Labute approximate surface area is 101 Å². The molecule has 0 saturated carbocycles. The van der Waals surface area contributed by atoms with Gasteiger partial charge in [-0.25, -0.2) is 0 Å². The normalized spacial score (nSPS) is 11.1. The summed E-state index contributed by atoms with van der Waals surface area (Å²) in [6.07, 6.45) is 2.37. The molecule has 1 aromatic carbocycles. The topological polar surface area (TPSA) is 42.1 Å². The molecular formula is C14H17NO2. The van der Waals surface area contributed by atoms with Gasteiger partial charge in [-0.15, -0.1) is 0 Å². The third-order valence-electron chi connectivity index (χ3n) is 2.65. The maximum atomic E-state index is 11.9. The van der Waals surface area contributed by atoms with Crippen LogP contribution in [0.3, 0.4) is 0 Å². The molecule has 0 spiro atoms. The van der Waals surface area contributed by atoms with Crippen molar-refractivity contribution >= 4 is 16.7 Å². The molecular weight excluding hydrogens is 214 g/mol. The molecule has 0 radical (unpaired) electrons. The van der Waals surface area contributed by atoms with Crippen LogP contribution in [-0.4, -0.2) is 16.9 Å². The number of carbonyl (C=O) groups excluding carboxylic acids is 1. The molecule has 1 aromatic heterocycles. The van der Waals surface area contributed by atoms with Gasteiger partial charge in [-0.2, -0.15) is 0 Å². The number of aromatic nitrogens is 1. The molecule has 0 aliphatic heterocycles. The summed E-state index contributed by atoms with van der Waals surface area (Å²) in [6.45, 7) is 5.83. The zero-order chi connectivity index (χ0) is 12.4. The van der Waals surface area contributed by atoms with E-state index < -0.39 is 0 Å². The summed E-state index contributed by atoms with van der Waals surface area (Å²) in [5.74, 6) is 0.909. The lowest BCUT2D eigenvalue weighted by atomic mass is 10.1. The maximum absolute atomic E-state index is 11.9. The Bertz CT molecular complexity index is 540. The monoisotopic (exact) mass is 231 g/mol. The molecule has 17 heavy (non-hydrogen) atoms. The molecule has 0 bridgehead atoms. The van der Waals surface area contributed by atoms with E-state index in [1.165, 1.54) is 0 Å². The first-order valence-electron chi connectivity index (χ1n) is 5.93. The van der Waals surface area contributed by atoms with E-state index >= 15 is 0 Å². The van der Waals surface area contributed by atoms with Gasteiger partial charge in [0.15, 0.2) is 5.78 Å². The zero-order valence-corrected chi connectivity index (χ0v) is 10.4. The minimum atomic E-state index is 0.0973. The number of nitrogens with one attached hydrogen (secondary N) is 1. The molecule has 0 amide bonds. The highest BCUT2D eigenvalue weighted by Crippen LogP contribution is 2.30. The minimum Gasteiger partial charge on any atom is -0.490 e. The Morgan fingerprint density at radius 3 is 2.82 bits per heavy atom. The number of fused-ring (bicyclic) bond motifs is 1. The second-order valence-electron chi connectivity index (χ2n) is 4.32. The number of hydrogen-bond donors (Lipinski definition) is 1. The fourth-order valence-electron chi connectivity index (χ4n) is 1.91. The maximum Gasteiger partial charge on any atom is 0.164 e. The standard InChI is InChI=1S/C14H17NO2/c1-4-12(16)10-8-15-11-6-5-7-13(14(10)11)17-9(2)3/h5-9,15H,4H2,1-3H3. The first kappa shape index (κ1) is 11.7. The Hall–Kier alpha value is -1.77. The van der Waals surface area contributed by atoms with E-state index in [1.54, 1.807) is 6.20 Å². The lowest BCUT2D eigenvalue weighted by Gasteiger charge is -2.11. The van der Waals surface area contributed by atoms with E-state index in [4.69, 9.17) is 4.74 Å². The smallest absolute Gasteiger partial charge is 0.164 e. The average Bonchev–Trinajstić information content (AvgIpc) is 2.72. The number of ether oxygens (including phenoxy) is 1.